The van der Waals surface area contributed by atoms with Gasteiger partial charge >= 0.3 is 0 Å². The first-order valence-corrected chi connectivity index (χ1v) is 7.91. The summed E-state index contributed by atoms with van der Waals surface area (Å²) in [6, 6.07) is 18.2. The number of hydrogen-bond donors (Lipinski definition) is 1. The quantitative estimate of drug-likeness (QED) is 0.810. The molecule has 2 aromatic rings. The van der Waals surface area contributed by atoms with Crippen LogP contribution >= 0.6 is 12.4 Å². The number of halogens is 1. The molecule has 0 saturated heterocycles. The third-order valence-corrected chi connectivity index (χ3v) is 4.38. The molecule has 0 unspecified atom stereocenters. The van der Waals surface area contributed by atoms with Crippen molar-refractivity contribution >= 4 is 12.4 Å². The fourth-order valence-electron chi connectivity index (χ4n) is 3.18. The van der Waals surface area contributed by atoms with Gasteiger partial charge in [-0.3, -0.25) is 0 Å². The van der Waals surface area contributed by atoms with Gasteiger partial charge in [0.15, 0.2) is 0 Å². The van der Waals surface area contributed by atoms with Crippen molar-refractivity contribution in [2.45, 2.75) is 38.1 Å². The van der Waals surface area contributed by atoms with Crippen molar-refractivity contribution in [3.63, 3.8) is 0 Å². The van der Waals surface area contributed by atoms with Crippen LogP contribution in [0.15, 0.2) is 54.6 Å². The Morgan fingerprint density at radius 1 is 0.864 bits per heavy atom. The second-order valence-electron chi connectivity index (χ2n) is 5.91. The van der Waals surface area contributed by atoms with Crippen LogP contribution in [0.3, 0.4) is 0 Å². The topological polar surface area (TPSA) is 35.2 Å². The zero-order valence-electron chi connectivity index (χ0n) is 12.8. The van der Waals surface area contributed by atoms with E-state index in [-0.39, 0.29) is 18.4 Å². The Labute approximate surface area is 139 Å². The van der Waals surface area contributed by atoms with Crippen molar-refractivity contribution in [2.75, 3.05) is 0 Å². The van der Waals surface area contributed by atoms with Gasteiger partial charge in [-0.25, -0.2) is 0 Å². The second kappa shape index (κ2) is 8.21. The smallest absolute Gasteiger partial charge is 0.127 e. The van der Waals surface area contributed by atoms with Gasteiger partial charge in [0.25, 0.3) is 0 Å². The average molecular weight is 318 g/mol. The van der Waals surface area contributed by atoms with Gasteiger partial charge in [0.1, 0.15) is 11.5 Å². The molecule has 2 nitrogen and oxygen atoms in total. The van der Waals surface area contributed by atoms with Crippen molar-refractivity contribution in [3.8, 4) is 11.5 Å². The van der Waals surface area contributed by atoms with E-state index in [1.807, 2.05) is 42.5 Å². The first-order chi connectivity index (χ1) is 10.3. The SMILES string of the molecule is Cl.N[C@H](c1cccc(Oc2ccccc2)c1)C1CCCCC1. The van der Waals surface area contributed by atoms with Crippen LogP contribution in [0.5, 0.6) is 11.5 Å². The van der Waals surface area contributed by atoms with E-state index in [2.05, 4.69) is 12.1 Å². The van der Waals surface area contributed by atoms with Gasteiger partial charge in [0.2, 0.25) is 0 Å². The minimum atomic E-state index is 0. The number of para-hydroxylation sites is 1. The largest absolute Gasteiger partial charge is 0.457 e. The van der Waals surface area contributed by atoms with E-state index in [1.54, 1.807) is 0 Å². The van der Waals surface area contributed by atoms with Gasteiger partial charge in [-0.15, -0.1) is 12.4 Å². The lowest BCUT2D eigenvalue weighted by Gasteiger charge is -2.28. The molecule has 0 radical (unpaired) electrons. The van der Waals surface area contributed by atoms with E-state index < -0.39 is 0 Å². The lowest BCUT2D eigenvalue weighted by Crippen LogP contribution is -2.23. The summed E-state index contributed by atoms with van der Waals surface area (Å²) in [6.07, 6.45) is 6.51. The summed E-state index contributed by atoms with van der Waals surface area (Å²) in [5, 5.41) is 0. The Morgan fingerprint density at radius 3 is 2.27 bits per heavy atom. The number of hydrogen-bond acceptors (Lipinski definition) is 2. The minimum absolute atomic E-state index is 0. The Balaban J connectivity index is 0.00000176. The Morgan fingerprint density at radius 2 is 1.55 bits per heavy atom. The highest BCUT2D eigenvalue weighted by atomic mass is 35.5. The summed E-state index contributed by atoms with van der Waals surface area (Å²) in [4.78, 5) is 0. The predicted molar refractivity (Wildman–Crippen MR) is 93.7 cm³/mol. The first-order valence-electron chi connectivity index (χ1n) is 7.91. The second-order valence-corrected chi connectivity index (χ2v) is 5.91. The van der Waals surface area contributed by atoms with Gasteiger partial charge in [0, 0.05) is 6.04 Å². The van der Waals surface area contributed by atoms with Crippen molar-refractivity contribution in [1.82, 2.24) is 0 Å². The lowest BCUT2D eigenvalue weighted by atomic mass is 9.81. The van der Waals surface area contributed by atoms with E-state index in [4.69, 9.17) is 10.5 Å². The van der Waals surface area contributed by atoms with Crippen LogP contribution in [0.1, 0.15) is 43.7 Å². The van der Waals surface area contributed by atoms with Crippen LogP contribution in [-0.4, -0.2) is 0 Å². The molecule has 1 fully saturated rings. The van der Waals surface area contributed by atoms with E-state index in [1.165, 1.54) is 37.7 Å². The van der Waals surface area contributed by atoms with Crippen molar-refractivity contribution < 1.29 is 4.74 Å². The third-order valence-electron chi connectivity index (χ3n) is 4.38. The van der Waals surface area contributed by atoms with Gasteiger partial charge in [-0.1, -0.05) is 49.6 Å². The molecular formula is C19H24ClNO. The highest BCUT2D eigenvalue weighted by Gasteiger charge is 2.22. The standard InChI is InChI=1S/C19H23NO.ClH/c20-19(15-8-3-1-4-9-15)16-10-7-13-18(14-16)21-17-11-5-2-6-12-17;/h2,5-7,10-15,19H,1,3-4,8-9,20H2;1H/t19-;/m0./s1. The van der Waals surface area contributed by atoms with E-state index >= 15 is 0 Å². The maximum Gasteiger partial charge on any atom is 0.127 e. The Hall–Kier alpha value is -1.51. The molecule has 2 N–H and O–H groups in total. The number of ether oxygens (including phenoxy) is 1. The molecule has 0 bridgehead atoms. The van der Waals surface area contributed by atoms with Crippen LogP contribution in [0, 0.1) is 5.92 Å². The highest BCUT2D eigenvalue weighted by Crippen LogP contribution is 2.34. The van der Waals surface area contributed by atoms with Crippen LogP contribution in [0.2, 0.25) is 0 Å². The van der Waals surface area contributed by atoms with Gasteiger partial charge < -0.3 is 10.5 Å². The normalized spacial score (nSPS) is 16.6. The summed E-state index contributed by atoms with van der Waals surface area (Å²) < 4.78 is 5.90. The summed E-state index contributed by atoms with van der Waals surface area (Å²) >= 11 is 0. The summed E-state index contributed by atoms with van der Waals surface area (Å²) in [5.74, 6) is 2.34. The van der Waals surface area contributed by atoms with Gasteiger partial charge in [-0.2, -0.15) is 0 Å². The molecule has 1 aliphatic carbocycles. The fraction of sp³-hybridized carbons (Fsp3) is 0.368. The van der Waals surface area contributed by atoms with Crippen LogP contribution in [-0.2, 0) is 0 Å². The molecule has 118 valence electrons. The van der Waals surface area contributed by atoms with Gasteiger partial charge in [-0.05, 0) is 48.6 Å². The zero-order valence-corrected chi connectivity index (χ0v) is 13.6. The lowest BCUT2D eigenvalue weighted by molar-refractivity contribution is 0.308. The Kier molecular flexibility index (Phi) is 6.29. The van der Waals surface area contributed by atoms with Crippen molar-refractivity contribution in [1.29, 1.82) is 0 Å². The molecule has 0 amide bonds. The van der Waals surface area contributed by atoms with Crippen LogP contribution in [0.25, 0.3) is 0 Å². The monoisotopic (exact) mass is 317 g/mol. The zero-order chi connectivity index (χ0) is 14.5. The molecule has 0 aromatic heterocycles. The summed E-state index contributed by atoms with van der Waals surface area (Å²) in [7, 11) is 0. The van der Waals surface area contributed by atoms with E-state index in [9.17, 15) is 0 Å². The summed E-state index contributed by atoms with van der Waals surface area (Å²) in [6.45, 7) is 0. The third kappa shape index (κ3) is 4.25. The molecule has 3 heteroatoms. The Bertz CT molecular complexity index is 567. The van der Waals surface area contributed by atoms with Crippen molar-refractivity contribution in [3.05, 3.63) is 60.2 Å². The van der Waals surface area contributed by atoms with Crippen LogP contribution < -0.4 is 10.5 Å². The molecule has 0 aliphatic heterocycles. The molecule has 1 atom stereocenters. The average Bonchev–Trinajstić information content (AvgIpc) is 2.56. The van der Waals surface area contributed by atoms with E-state index in [0.717, 1.165) is 11.5 Å². The van der Waals surface area contributed by atoms with E-state index in [0.29, 0.717) is 5.92 Å². The maximum absolute atomic E-state index is 6.48. The predicted octanol–water partition coefficient (Wildman–Crippen LogP) is 5.48. The molecule has 0 spiro atoms. The minimum Gasteiger partial charge on any atom is -0.457 e. The maximum atomic E-state index is 6.48. The summed E-state index contributed by atoms with van der Waals surface area (Å²) in [5.41, 5.74) is 7.67. The molecule has 1 aliphatic rings. The van der Waals surface area contributed by atoms with Crippen molar-refractivity contribution in [2.24, 2.45) is 11.7 Å². The number of nitrogens with two attached hydrogens (primary N) is 1. The fourth-order valence-corrected chi connectivity index (χ4v) is 3.18. The highest BCUT2D eigenvalue weighted by molar-refractivity contribution is 5.85. The molecule has 3 rings (SSSR count). The molecule has 2 aromatic carbocycles. The van der Waals surface area contributed by atoms with Crippen LogP contribution in [0.4, 0.5) is 0 Å². The molecular weight excluding hydrogens is 294 g/mol. The van der Waals surface area contributed by atoms with Gasteiger partial charge in [0.05, 0.1) is 0 Å². The molecule has 0 heterocycles. The number of rotatable bonds is 4. The molecule has 1 saturated carbocycles. The molecule has 22 heavy (non-hydrogen) atoms. The number of benzene rings is 2. The first kappa shape index (κ1) is 16.9.